The summed E-state index contributed by atoms with van der Waals surface area (Å²) in [6.45, 7) is 4.45. The van der Waals surface area contributed by atoms with E-state index < -0.39 is 0 Å². The first-order valence-corrected chi connectivity index (χ1v) is 10.9. The van der Waals surface area contributed by atoms with E-state index in [-0.39, 0.29) is 34.0 Å². The molecule has 1 heterocycles. The molecule has 0 aliphatic carbocycles. The predicted molar refractivity (Wildman–Crippen MR) is 123 cm³/mol. The van der Waals surface area contributed by atoms with Crippen molar-refractivity contribution >= 4 is 17.2 Å². The van der Waals surface area contributed by atoms with Gasteiger partial charge in [0.25, 0.3) is 5.84 Å². The maximum atomic E-state index is 5.98. The molecule has 0 amide bonds. The lowest BCUT2D eigenvalue weighted by Gasteiger charge is -2.23. The van der Waals surface area contributed by atoms with Crippen molar-refractivity contribution in [3.63, 3.8) is 0 Å². The summed E-state index contributed by atoms with van der Waals surface area (Å²) in [5.74, 6) is 1.87. The van der Waals surface area contributed by atoms with Gasteiger partial charge in [0.2, 0.25) is 0 Å². The predicted octanol–water partition coefficient (Wildman–Crippen LogP) is -3.59. The molecule has 6 heteroatoms. The third-order valence-corrected chi connectivity index (χ3v) is 5.51. The molecule has 3 aromatic rings. The van der Waals surface area contributed by atoms with Crippen LogP contribution in [-0.2, 0) is 0 Å². The Hall–Kier alpha value is -2.15. The lowest BCUT2D eigenvalue weighted by Crippen LogP contribution is -3.13. The van der Waals surface area contributed by atoms with Crippen molar-refractivity contribution in [2.45, 2.75) is 19.3 Å². The fourth-order valence-corrected chi connectivity index (χ4v) is 3.84. The van der Waals surface area contributed by atoms with Crippen molar-refractivity contribution in [1.29, 1.82) is 0 Å². The van der Waals surface area contributed by atoms with Crippen LogP contribution in [0.4, 0.5) is 11.4 Å². The van der Waals surface area contributed by atoms with E-state index in [0.29, 0.717) is 0 Å². The second-order valence-electron chi connectivity index (χ2n) is 7.79. The Morgan fingerprint density at radius 3 is 2.06 bits per heavy atom. The zero-order chi connectivity index (χ0) is 20.4. The molecule has 0 aromatic heterocycles. The van der Waals surface area contributed by atoms with Crippen molar-refractivity contribution in [3.05, 3.63) is 90.5 Å². The standard InChI is InChI=1S/C26H29N3O.2BrH/c1-4-10-22(11-5-1)26(27-23-12-6-2-7-13-23)28-24-14-16-25(17-15-24)30-21-20-29-18-8-3-9-19-29;;/h1-2,4-7,10-17H,3,8-9,18-21H2,(H,27,28);2*1H. The number of anilines is 1. The van der Waals surface area contributed by atoms with Crippen LogP contribution in [0.1, 0.15) is 24.8 Å². The minimum atomic E-state index is 0. The van der Waals surface area contributed by atoms with E-state index >= 15 is 0 Å². The number of hydrogen-bond acceptors (Lipinski definition) is 1. The van der Waals surface area contributed by atoms with Gasteiger partial charge in [0.05, 0.1) is 18.7 Å². The van der Waals surface area contributed by atoms with Gasteiger partial charge in [0, 0.05) is 0 Å². The third-order valence-electron chi connectivity index (χ3n) is 5.51. The Kier molecular flexibility index (Phi) is 11.5. The summed E-state index contributed by atoms with van der Waals surface area (Å²) in [4.78, 5) is 5.20. The maximum Gasteiger partial charge on any atom is 0.285 e. The van der Waals surface area contributed by atoms with E-state index in [1.807, 2.05) is 48.5 Å². The molecule has 3 N–H and O–H groups in total. The van der Waals surface area contributed by atoms with Crippen LogP contribution in [0.15, 0.2) is 84.9 Å². The Morgan fingerprint density at radius 1 is 0.781 bits per heavy atom. The van der Waals surface area contributed by atoms with E-state index in [1.165, 1.54) is 32.4 Å². The lowest BCUT2D eigenvalue weighted by molar-refractivity contribution is -0.904. The normalized spacial score (nSPS) is 14.1. The molecule has 3 aromatic carbocycles. The SMILES string of the molecule is [Br-].[Br-].c1ccc(NC(=[NH+]c2ccc(OCC[NH+]3CCCCC3)cc2)c2ccccc2)cc1. The molecule has 1 aliphatic heterocycles. The third kappa shape index (κ3) is 8.08. The van der Waals surface area contributed by atoms with Crippen LogP contribution in [0.25, 0.3) is 0 Å². The molecular weight excluding hydrogens is 530 g/mol. The number of halogens is 2. The number of quaternary nitrogens is 1. The summed E-state index contributed by atoms with van der Waals surface area (Å²) >= 11 is 0. The molecule has 4 nitrogen and oxygen atoms in total. The molecule has 32 heavy (non-hydrogen) atoms. The number of likely N-dealkylation sites (tertiary alicyclic amines) is 1. The van der Waals surface area contributed by atoms with Gasteiger partial charge >= 0.3 is 0 Å². The number of hydrogen-bond donors (Lipinski definition) is 3. The zero-order valence-electron chi connectivity index (χ0n) is 18.2. The number of piperidine rings is 1. The molecule has 170 valence electrons. The van der Waals surface area contributed by atoms with Gasteiger partial charge in [0.15, 0.2) is 0 Å². The minimum absolute atomic E-state index is 0. The van der Waals surface area contributed by atoms with Crippen molar-refractivity contribution in [1.82, 2.24) is 0 Å². The number of rotatable bonds is 7. The van der Waals surface area contributed by atoms with Crippen LogP contribution in [-0.4, -0.2) is 32.1 Å². The molecule has 4 rings (SSSR count). The number of benzene rings is 3. The highest BCUT2D eigenvalue weighted by Crippen LogP contribution is 2.13. The molecule has 0 spiro atoms. The number of para-hydroxylation sites is 1. The van der Waals surface area contributed by atoms with Crippen molar-refractivity contribution in [3.8, 4) is 5.75 Å². The van der Waals surface area contributed by atoms with Gasteiger partial charge in [-0.2, -0.15) is 0 Å². The average Bonchev–Trinajstić information content (AvgIpc) is 2.82. The van der Waals surface area contributed by atoms with Crippen LogP contribution >= 0.6 is 0 Å². The van der Waals surface area contributed by atoms with Crippen LogP contribution in [0.5, 0.6) is 5.75 Å². The first-order valence-electron chi connectivity index (χ1n) is 10.9. The average molecular weight is 561 g/mol. The monoisotopic (exact) mass is 559 g/mol. The quantitative estimate of drug-likeness (QED) is 0.207. The fourth-order valence-electron chi connectivity index (χ4n) is 3.84. The Bertz CT molecular complexity index is 928. The number of nitrogens with one attached hydrogen (secondary N) is 3. The summed E-state index contributed by atoms with van der Waals surface area (Å²) < 4.78 is 5.98. The Balaban J connectivity index is 0.00000181. The van der Waals surface area contributed by atoms with Gasteiger partial charge in [-0.05, 0) is 67.8 Å². The summed E-state index contributed by atoms with van der Waals surface area (Å²) in [6.07, 6.45) is 4.10. The van der Waals surface area contributed by atoms with Crippen LogP contribution in [0, 0.1) is 0 Å². The topological polar surface area (TPSA) is 39.7 Å². The largest absolute Gasteiger partial charge is 1.00 e. The van der Waals surface area contributed by atoms with Crippen LogP contribution < -0.4 is 53.9 Å². The second kappa shape index (κ2) is 14.1. The molecule has 1 saturated heterocycles. The summed E-state index contributed by atoms with van der Waals surface area (Å²) in [6, 6.07) is 28.7. The molecule has 0 bridgehead atoms. The van der Waals surface area contributed by atoms with Gasteiger partial charge in [-0.15, -0.1) is 0 Å². The molecular formula is C26H31Br2N3O. The van der Waals surface area contributed by atoms with E-state index in [1.54, 1.807) is 4.90 Å². The van der Waals surface area contributed by atoms with Crippen molar-refractivity contribution in [2.75, 3.05) is 31.6 Å². The van der Waals surface area contributed by atoms with Gasteiger partial charge in [-0.25, -0.2) is 10.3 Å². The maximum absolute atomic E-state index is 5.98. The highest BCUT2D eigenvalue weighted by atomic mass is 79.9. The first kappa shape index (κ1) is 26.1. The number of ether oxygens (including phenoxy) is 1. The lowest BCUT2D eigenvalue weighted by atomic mass is 10.1. The first-order chi connectivity index (χ1) is 14.9. The fraction of sp³-hybridized carbons (Fsp3) is 0.269. The van der Waals surface area contributed by atoms with Crippen LogP contribution in [0.2, 0.25) is 0 Å². The minimum Gasteiger partial charge on any atom is -1.00 e. The van der Waals surface area contributed by atoms with Crippen LogP contribution in [0.3, 0.4) is 0 Å². The Morgan fingerprint density at radius 2 is 1.41 bits per heavy atom. The summed E-state index contributed by atoms with van der Waals surface area (Å²) in [5, 5.41) is 3.50. The highest BCUT2D eigenvalue weighted by molar-refractivity contribution is 6.04. The van der Waals surface area contributed by atoms with Crippen molar-refractivity contribution in [2.24, 2.45) is 0 Å². The second-order valence-corrected chi connectivity index (χ2v) is 7.79. The van der Waals surface area contributed by atoms with Crippen molar-refractivity contribution < 1.29 is 48.6 Å². The van der Waals surface area contributed by atoms with Gasteiger partial charge in [-0.3, -0.25) is 0 Å². The molecule has 1 aliphatic rings. The molecule has 0 saturated carbocycles. The molecule has 0 radical (unpaired) electrons. The van der Waals surface area contributed by atoms with Gasteiger partial charge < -0.3 is 43.6 Å². The van der Waals surface area contributed by atoms with E-state index in [2.05, 4.69) is 46.7 Å². The van der Waals surface area contributed by atoms with Gasteiger partial charge in [0.1, 0.15) is 30.3 Å². The Labute approximate surface area is 212 Å². The summed E-state index contributed by atoms with van der Waals surface area (Å²) in [7, 11) is 0. The van der Waals surface area contributed by atoms with E-state index in [4.69, 9.17) is 4.74 Å². The van der Waals surface area contributed by atoms with E-state index in [0.717, 1.165) is 41.7 Å². The molecule has 0 unspecified atom stereocenters. The smallest absolute Gasteiger partial charge is 0.285 e. The number of amidine groups is 1. The zero-order valence-corrected chi connectivity index (χ0v) is 21.4. The van der Waals surface area contributed by atoms with E-state index in [9.17, 15) is 0 Å². The summed E-state index contributed by atoms with van der Waals surface area (Å²) in [5.41, 5.74) is 3.17. The van der Waals surface area contributed by atoms with Gasteiger partial charge in [-0.1, -0.05) is 36.4 Å². The molecule has 0 atom stereocenters. The highest BCUT2D eigenvalue weighted by Gasteiger charge is 2.13. The molecule has 1 fully saturated rings.